The molecule has 0 spiro atoms. The van der Waals surface area contributed by atoms with Crippen LogP contribution in [0.4, 0.5) is 0 Å². The molecule has 0 unspecified atom stereocenters. The van der Waals surface area contributed by atoms with Gasteiger partial charge in [-0.1, -0.05) is 20.8 Å². The molecule has 3 amide bonds. The summed E-state index contributed by atoms with van der Waals surface area (Å²) in [6.07, 6.45) is -0.180. The van der Waals surface area contributed by atoms with E-state index >= 15 is 0 Å². The number of Topliss-reactive ketones (excluding diaryl/α,β-unsaturated/α-hetero) is 1. The van der Waals surface area contributed by atoms with Crippen LogP contribution in [-0.4, -0.2) is 101 Å². The van der Waals surface area contributed by atoms with E-state index in [9.17, 15) is 19.2 Å². The Morgan fingerprint density at radius 1 is 0.871 bits per heavy atom. The number of nitrogens with zero attached hydrogens (tertiary/aromatic N) is 2. The number of carbonyl (C=O) groups excluding carboxylic acids is 4. The molecule has 0 saturated carbocycles. The fourth-order valence-electron chi connectivity index (χ4n) is 2.48. The van der Waals surface area contributed by atoms with Gasteiger partial charge < -0.3 is 20.4 Å². The predicted molar refractivity (Wildman–Crippen MR) is 125 cm³/mol. The van der Waals surface area contributed by atoms with Crippen molar-refractivity contribution in [3.63, 3.8) is 0 Å². The molecule has 0 aromatic heterocycles. The normalized spacial score (nSPS) is 11.5. The van der Waals surface area contributed by atoms with E-state index < -0.39 is 5.41 Å². The lowest BCUT2D eigenvalue weighted by molar-refractivity contribution is -0.136. The van der Waals surface area contributed by atoms with Crippen molar-refractivity contribution >= 4 is 46.3 Å². The van der Waals surface area contributed by atoms with Gasteiger partial charge in [0.1, 0.15) is 0 Å². The average molecular weight is 429 g/mol. The minimum atomic E-state index is -0.585. The van der Waals surface area contributed by atoms with Crippen molar-refractivity contribution in [3.8, 4) is 0 Å². The molecule has 0 bridgehead atoms. The van der Waals surface area contributed by atoms with Gasteiger partial charge in [-0.15, -0.1) is 0 Å². The second kappa shape index (κ2) is 13.6. The third kappa shape index (κ3) is 13.3. The van der Waals surface area contributed by atoms with Crippen molar-refractivity contribution in [1.29, 1.82) is 0 Å². The lowest BCUT2D eigenvalue weighted by atomic mass is 9.53. The van der Waals surface area contributed by atoms with E-state index in [0.717, 1.165) is 0 Å². The maximum absolute atomic E-state index is 12.3. The first-order valence-corrected chi connectivity index (χ1v) is 10.5. The van der Waals surface area contributed by atoms with E-state index in [-0.39, 0.29) is 67.9 Å². The fraction of sp³-hybridized carbons (Fsp3) is 0.800. The fourth-order valence-corrected chi connectivity index (χ4v) is 2.48. The third-order valence-corrected chi connectivity index (χ3v) is 4.42. The highest BCUT2D eigenvalue weighted by molar-refractivity contribution is 6.90. The van der Waals surface area contributed by atoms with Crippen molar-refractivity contribution in [3.05, 3.63) is 0 Å². The summed E-state index contributed by atoms with van der Waals surface area (Å²) in [4.78, 5) is 51.7. The molecule has 11 heteroatoms. The highest BCUT2D eigenvalue weighted by Crippen LogP contribution is 2.15. The van der Waals surface area contributed by atoms with Gasteiger partial charge in [-0.3, -0.25) is 19.2 Å². The summed E-state index contributed by atoms with van der Waals surface area (Å²) < 4.78 is 0. The van der Waals surface area contributed by atoms with Crippen LogP contribution in [0.25, 0.3) is 0 Å². The number of nitrogens with one attached hydrogen (secondary N) is 2. The number of hydrogen-bond donors (Lipinski definition) is 2. The Morgan fingerprint density at radius 3 is 1.90 bits per heavy atom. The molecule has 0 aliphatic carbocycles. The van der Waals surface area contributed by atoms with Gasteiger partial charge in [0.15, 0.2) is 5.78 Å². The summed E-state index contributed by atoms with van der Waals surface area (Å²) in [5.74, 6) is -1.06. The van der Waals surface area contributed by atoms with E-state index in [1.54, 1.807) is 20.8 Å². The van der Waals surface area contributed by atoms with Crippen molar-refractivity contribution in [1.82, 2.24) is 20.4 Å². The molecule has 0 atom stereocenters. The molecular formula is C20H36B3N4O4. The summed E-state index contributed by atoms with van der Waals surface area (Å²) in [6, 6.07) is 0. The van der Waals surface area contributed by atoms with E-state index in [1.807, 2.05) is 20.8 Å². The van der Waals surface area contributed by atoms with Crippen LogP contribution >= 0.6 is 0 Å². The van der Waals surface area contributed by atoms with Gasteiger partial charge in [-0.25, -0.2) is 0 Å². The highest BCUT2D eigenvalue weighted by Gasteiger charge is 2.25. The number of rotatable bonds is 13. The van der Waals surface area contributed by atoms with Crippen LogP contribution in [0.5, 0.6) is 0 Å². The molecule has 2 N–H and O–H groups in total. The number of carbonyl (C=O) groups is 4. The number of amides is 3. The minimum Gasteiger partial charge on any atom is -0.353 e. The number of ketones is 1. The van der Waals surface area contributed by atoms with Crippen LogP contribution in [0, 0.1) is 5.41 Å². The van der Waals surface area contributed by atoms with Gasteiger partial charge >= 0.3 is 0 Å². The smallest absolute Gasteiger partial charge is 0.239 e. The molecule has 0 aliphatic heterocycles. The zero-order valence-corrected chi connectivity index (χ0v) is 19.9. The van der Waals surface area contributed by atoms with Gasteiger partial charge in [0.25, 0.3) is 0 Å². The van der Waals surface area contributed by atoms with Gasteiger partial charge in [0.2, 0.25) is 17.7 Å². The summed E-state index contributed by atoms with van der Waals surface area (Å²) in [5, 5.41) is 5.96. The van der Waals surface area contributed by atoms with Gasteiger partial charge in [-0.05, 0) is 33.4 Å². The molecule has 5 radical (unpaired) electrons. The first-order valence-electron chi connectivity index (χ1n) is 10.5. The van der Waals surface area contributed by atoms with E-state index in [1.165, 1.54) is 17.0 Å². The second-order valence-electron chi connectivity index (χ2n) is 9.47. The molecule has 0 aliphatic rings. The van der Waals surface area contributed by atoms with Crippen LogP contribution in [0.15, 0.2) is 0 Å². The molecule has 169 valence electrons. The summed E-state index contributed by atoms with van der Waals surface area (Å²) in [7, 11) is 12.0. The lowest BCUT2D eigenvalue weighted by Gasteiger charge is -2.27. The summed E-state index contributed by atoms with van der Waals surface area (Å²) in [6.45, 7) is 12.4. The van der Waals surface area contributed by atoms with Crippen molar-refractivity contribution in [2.24, 2.45) is 5.41 Å². The first-order chi connectivity index (χ1) is 14.2. The van der Waals surface area contributed by atoms with Crippen molar-refractivity contribution in [2.45, 2.75) is 59.7 Å². The second-order valence-corrected chi connectivity index (χ2v) is 9.47. The molecular weight excluding hydrogens is 393 g/mol. The van der Waals surface area contributed by atoms with Crippen molar-refractivity contribution in [2.75, 3.05) is 39.3 Å². The molecule has 0 rings (SSSR count). The molecule has 0 aromatic rings. The van der Waals surface area contributed by atoms with Gasteiger partial charge in [-0.2, -0.15) is 0 Å². The topological polar surface area (TPSA) is 98.8 Å². The molecule has 0 fully saturated rings. The molecule has 0 saturated heterocycles. The molecule has 8 nitrogen and oxygen atoms in total. The standard InChI is InChI=1S/C20H36B3N4O4/c1-19(2,3)15(28)13-26(18(31)12-23-22)9-7-24-16(29)14-27(17(30)11-21)10-8-25-20(4,5)6/h25H,7-14H2,1-6H3,(H,24,29). The Kier molecular flexibility index (Phi) is 12.8. The van der Waals surface area contributed by atoms with E-state index in [4.69, 9.17) is 15.6 Å². The predicted octanol–water partition coefficient (Wildman–Crippen LogP) is -0.444. The monoisotopic (exact) mass is 429 g/mol. The van der Waals surface area contributed by atoms with Crippen LogP contribution in [-0.2, 0) is 19.2 Å². The lowest BCUT2D eigenvalue weighted by Crippen LogP contribution is -2.48. The Balaban J connectivity index is 4.78. The Labute approximate surface area is 190 Å². The SMILES string of the molecule is [B][B]CC(=O)N(CCNC(=O)CN(CCNC(C)(C)C)C(=O)C[B])CC(=O)C(C)(C)C. The molecule has 0 aromatic carbocycles. The summed E-state index contributed by atoms with van der Waals surface area (Å²) in [5.41, 5.74) is -0.695. The largest absolute Gasteiger partial charge is 0.353 e. The van der Waals surface area contributed by atoms with Crippen LogP contribution < -0.4 is 10.6 Å². The molecule has 31 heavy (non-hydrogen) atoms. The number of hydrogen-bond acceptors (Lipinski definition) is 5. The van der Waals surface area contributed by atoms with E-state index in [2.05, 4.69) is 10.6 Å². The minimum absolute atomic E-state index is 0.00489. The third-order valence-electron chi connectivity index (χ3n) is 4.42. The zero-order chi connectivity index (χ0) is 24.2. The molecule has 0 heterocycles. The average Bonchev–Trinajstić information content (AvgIpc) is 2.64. The van der Waals surface area contributed by atoms with E-state index in [0.29, 0.717) is 13.1 Å². The van der Waals surface area contributed by atoms with Crippen LogP contribution in [0.2, 0.25) is 12.6 Å². The van der Waals surface area contributed by atoms with Gasteiger partial charge in [0.05, 0.1) is 28.1 Å². The van der Waals surface area contributed by atoms with Gasteiger partial charge in [0, 0.05) is 44.9 Å². The zero-order valence-electron chi connectivity index (χ0n) is 19.9. The van der Waals surface area contributed by atoms with Crippen LogP contribution in [0.3, 0.4) is 0 Å². The van der Waals surface area contributed by atoms with Crippen molar-refractivity contribution < 1.29 is 19.2 Å². The summed E-state index contributed by atoms with van der Waals surface area (Å²) >= 11 is 0. The highest BCUT2D eigenvalue weighted by atomic mass is 16.2. The maximum Gasteiger partial charge on any atom is 0.239 e. The first kappa shape index (κ1) is 29.2. The Bertz CT molecular complexity index is 619. The Morgan fingerprint density at radius 2 is 1.42 bits per heavy atom. The van der Waals surface area contributed by atoms with Crippen LogP contribution in [0.1, 0.15) is 41.5 Å². The Hall–Kier alpha value is -1.77. The quantitative estimate of drug-likeness (QED) is 0.387. The maximum atomic E-state index is 12.3.